The molecule has 0 aliphatic heterocycles. The van der Waals surface area contributed by atoms with Crippen molar-refractivity contribution in [3.05, 3.63) is 54.1 Å². The molecule has 0 unspecified atom stereocenters. The van der Waals surface area contributed by atoms with Gasteiger partial charge in [0.1, 0.15) is 5.82 Å². The van der Waals surface area contributed by atoms with Crippen molar-refractivity contribution in [1.29, 1.82) is 0 Å². The maximum absolute atomic E-state index is 12.4. The molecule has 1 aromatic carbocycles. The van der Waals surface area contributed by atoms with E-state index in [2.05, 4.69) is 20.4 Å². The van der Waals surface area contributed by atoms with Crippen LogP contribution in [0.4, 0.5) is 5.82 Å². The molecular formula is C20H22N6O. The lowest BCUT2D eigenvalue weighted by Crippen LogP contribution is -2.25. The summed E-state index contributed by atoms with van der Waals surface area (Å²) >= 11 is 0. The van der Waals surface area contributed by atoms with Crippen LogP contribution in [0, 0.1) is 6.92 Å². The second-order valence-corrected chi connectivity index (χ2v) is 7.08. The van der Waals surface area contributed by atoms with Gasteiger partial charge in [-0.25, -0.2) is 9.67 Å². The van der Waals surface area contributed by atoms with Crippen LogP contribution in [0.3, 0.4) is 0 Å². The van der Waals surface area contributed by atoms with Crippen molar-refractivity contribution >= 4 is 11.7 Å². The van der Waals surface area contributed by atoms with E-state index in [9.17, 15) is 4.79 Å². The average Bonchev–Trinajstić information content (AvgIpc) is 3.34. The number of aromatic nitrogens is 4. The molecule has 0 bridgehead atoms. The van der Waals surface area contributed by atoms with Gasteiger partial charge in [-0.1, -0.05) is 6.07 Å². The summed E-state index contributed by atoms with van der Waals surface area (Å²) in [4.78, 5) is 23.1. The molecule has 1 aliphatic rings. The Labute approximate surface area is 158 Å². The summed E-state index contributed by atoms with van der Waals surface area (Å²) in [6.45, 7) is 2.03. The zero-order valence-electron chi connectivity index (χ0n) is 15.7. The van der Waals surface area contributed by atoms with E-state index in [4.69, 9.17) is 0 Å². The molecule has 138 valence electrons. The summed E-state index contributed by atoms with van der Waals surface area (Å²) < 4.78 is 1.70. The predicted molar refractivity (Wildman–Crippen MR) is 104 cm³/mol. The summed E-state index contributed by atoms with van der Waals surface area (Å²) in [5.41, 5.74) is 3.68. The molecule has 0 radical (unpaired) electrons. The fourth-order valence-corrected chi connectivity index (χ4v) is 2.83. The fraction of sp³-hybridized carbons (Fsp3) is 0.300. The third kappa shape index (κ3) is 3.67. The molecule has 1 N–H and O–H groups in total. The normalized spacial score (nSPS) is 13.4. The fourth-order valence-electron chi connectivity index (χ4n) is 2.83. The Balaban J connectivity index is 1.64. The molecule has 0 atom stereocenters. The maximum atomic E-state index is 12.4. The molecule has 4 rings (SSSR count). The highest BCUT2D eigenvalue weighted by Gasteiger charge is 2.24. The predicted octanol–water partition coefficient (Wildman–Crippen LogP) is 2.60. The molecule has 7 heteroatoms. The minimum Gasteiger partial charge on any atom is -0.361 e. The number of amides is 1. The van der Waals surface area contributed by atoms with Crippen molar-refractivity contribution in [2.24, 2.45) is 0 Å². The third-order valence-electron chi connectivity index (χ3n) is 4.61. The van der Waals surface area contributed by atoms with Crippen molar-refractivity contribution in [1.82, 2.24) is 25.1 Å². The Hall–Kier alpha value is -3.22. The van der Waals surface area contributed by atoms with Crippen LogP contribution in [0.25, 0.3) is 16.9 Å². The molecule has 0 saturated heterocycles. The molecule has 1 saturated carbocycles. The van der Waals surface area contributed by atoms with E-state index in [1.165, 1.54) is 0 Å². The number of carbonyl (C=O) groups is 1. The first-order chi connectivity index (χ1) is 13.0. The molecule has 1 amide bonds. The van der Waals surface area contributed by atoms with Gasteiger partial charge in [0.05, 0.1) is 18.6 Å². The summed E-state index contributed by atoms with van der Waals surface area (Å²) in [5.74, 6) is 1.39. The molecule has 27 heavy (non-hydrogen) atoms. The highest BCUT2D eigenvalue weighted by Crippen LogP contribution is 2.26. The SMILES string of the molecule is Cc1ccc(C(=O)NC2CC2)cc1-c1cnn(-c2cncc(N(C)C)n2)c1. The Morgan fingerprint density at radius 3 is 2.78 bits per heavy atom. The van der Waals surface area contributed by atoms with Gasteiger partial charge in [0.15, 0.2) is 5.82 Å². The number of nitrogens with one attached hydrogen (secondary N) is 1. The van der Waals surface area contributed by atoms with Crippen LogP contribution in [0.15, 0.2) is 43.0 Å². The van der Waals surface area contributed by atoms with E-state index in [1.807, 2.05) is 50.3 Å². The largest absolute Gasteiger partial charge is 0.361 e. The van der Waals surface area contributed by atoms with Gasteiger partial charge < -0.3 is 10.2 Å². The number of carbonyl (C=O) groups excluding carboxylic acids is 1. The number of anilines is 1. The van der Waals surface area contributed by atoms with Gasteiger partial charge in [-0.3, -0.25) is 9.78 Å². The van der Waals surface area contributed by atoms with Gasteiger partial charge in [-0.15, -0.1) is 0 Å². The van der Waals surface area contributed by atoms with Crippen LogP contribution in [0.5, 0.6) is 0 Å². The summed E-state index contributed by atoms with van der Waals surface area (Å²) in [6, 6.07) is 6.11. The second kappa shape index (κ2) is 6.83. The van der Waals surface area contributed by atoms with Crippen molar-refractivity contribution in [2.45, 2.75) is 25.8 Å². The first-order valence-electron chi connectivity index (χ1n) is 8.97. The third-order valence-corrected chi connectivity index (χ3v) is 4.61. The number of aryl methyl sites for hydroxylation is 1. The van der Waals surface area contributed by atoms with Crippen molar-refractivity contribution in [2.75, 3.05) is 19.0 Å². The molecule has 3 aromatic rings. The Morgan fingerprint density at radius 1 is 1.22 bits per heavy atom. The number of nitrogens with zero attached hydrogens (tertiary/aromatic N) is 5. The summed E-state index contributed by atoms with van der Waals surface area (Å²) in [5, 5.41) is 7.47. The molecule has 2 aromatic heterocycles. The topological polar surface area (TPSA) is 75.9 Å². The lowest BCUT2D eigenvalue weighted by atomic mass is 10.0. The van der Waals surface area contributed by atoms with E-state index in [-0.39, 0.29) is 5.91 Å². The van der Waals surface area contributed by atoms with Crippen LogP contribution in [-0.2, 0) is 0 Å². The van der Waals surface area contributed by atoms with Crippen molar-refractivity contribution in [3.8, 4) is 16.9 Å². The number of hydrogen-bond acceptors (Lipinski definition) is 5. The second-order valence-electron chi connectivity index (χ2n) is 7.08. The van der Waals surface area contributed by atoms with E-state index >= 15 is 0 Å². The standard InChI is InChI=1S/C20H22N6O/c1-13-4-5-14(20(27)23-16-6-7-16)8-17(13)15-9-22-26(12-15)19-11-21-10-18(24-19)25(2)3/h4-5,8-12,16H,6-7H2,1-3H3,(H,23,27). The van der Waals surface area contributed by atoms with Gasteiger partial charge in [0, 0.05) is 37.5 Å². The van der Waals surface area contributed by atoms with Crippen molar-refractivity contribution in [3.63, 3.8) is 0 Å². The van der Waals surface area contributed by atoms with Crippen LogP contribution < -0.4 is 10.2 Å². The smallest absolute Gasteiger partial charge is 0.251 e. The molecule has 1 aliphatic carbocycles. The summed E-state index contributed by atoms with van der Waals surface area (Å²) in [7, 11) is 3.84. The van der Waals surface area contributed by atoms with Gasteiger partial charge in [0.2, 0.25) is 0 Å². The average molecular weight is 362 g/mol. The first-order valence-corrected chi connectivity index (χ1v) is 8.97. The van der Waals surface area contributed by atoms with Crippen molar-refractivity contribution < 1.29 is 4.79 Å². The minimum absolute atomic E-state index is 0.0179. The van der Waals surface area contributed by atoms with Gasteiger partial charge in [0.25, 0.3) is 5.91 Å². The maximum Gasteiger partial charge on any atom is 0.251 e. The van der Waals surface area contributed by atoms with E-state index in [1.54, 1.807) is 23.3 Å². The zero-order valence-corrected chi connectivity index (χ0v) is 15.7. The summed E-state index contributed by atoms with van der Waals surface area (Å²) in [6.07, 6.45) is 9.23. The Bertz CT molecular complexity index is 990. The molecule has 7 nitrogen and oxygen atoms in total. The van der Waals surface area contributed by atoms with E-state index in [0.717, 1.165) is 35.3 Å². The molecule has 0 spiro atoms. The van der Waals surface area contributed by atoms with Crippen LogP contribution in [0.1, 0.15) is 28.8 Å². The quantitative estimate of drug-likeness (QED) is 0.755. The number of rotatable bonds is 5. The molecule has 2 heterocycles. The van der Waals surface area contributed by atoms with Crippen LogP contribution >= 0.6 is 0 Å². The van der Waals surface area contributed by atoms with Crippen LogP contribution in [-0.4, -0.2) is 45.8 Å². The van der Waals surface area contributed by atoms with Crippen LogP contribution in [0.2, 0.25) is 0 Å². The van der Waals surface area contributed by atoms with Gasteiger partial charge in [-0.2, -0.15) is 5.10 Å². The monoisotopic (exact) mass is 362 g/mol. The van der Waals surface area contributed by atoms with Gasteiger partial charge >= 0.3 is 0 Å². The Kier molecular flexibility index (Phi) is 4.35. The molecular weight excluding hydrogens is 340 g/mol. The van der Waals surface area contributed by atoms with E-state index < -0.39 is 0 Å². The minimum atomic E-state index is -0.0179. The highest BCUT2D eigenvalue weighted by atomic mass is 16.1. The Morgan fingerprint density at radius 2 is 2.04 bits per heavy atom. The van der Waals surface area contributed by atoms with Gasteiger partial charge in [-0.05, 0) is 43.0 Å². The highest BCUT2D eigenvalue weighted by molar-refractivity contribution is 5.96. The lowest BCUT2D eigenvalue weighted by Gasteiger charge is -2.11. The zero-order chi connectivity index (χ0) is 19.0. The lowest BCUT2D eigenvalue weighted by molar-refractivity contribution is 0.0951. The number of hydrogen-bond donors (Lipinski definition) is 1. The van der Waals surface area contributed by atoms with E-state index in [0.29, 0.717) is 17.4 Å². The number of benzene rings is 1. The molecule has 1 fully saturated rings. The first kappa shape index (κ1) is 17.2.